The molecular formula is C22H29N3O4S2. The summed E-state index contributed by atoms with van der Waals surface area (Å²) in [5, 5.41) is 5.25. The van der Waals surface area contributed by atoms with Crippen molar-refractivity contribution in [2.75, 3.05) is 5.32 Å². The molecule has 1 atom stereocenters. The van der Waals surface area contributed by atoms with Gasteiger partial charge in [0, 0.05) is 30.1 Å². The Balaban J connectivity index is 1.95. The van der Waals surface area contributed by atoms with E-state index in [4.69, 9.17) is 0 Å². The topological polar surface area (TPSA) is 104 Å². The first-order valence-electron chi connectivity index (χ1n) is 9.94. The van der Waals surface area contributed by atoms with Crippen molar-refractivity contribution in [3.8, 4) is 0 Å². The molecule has 3 N–H and O–H groups in total. The Bertz CT molecular complexity index is 1010. The van der Waals surface area contributed by atoms with Gasteiger partial charge >= 0.3 is 0 Å². The highest BCUT2D eigenvalue weighted by molar-refractivity contribution is 8.00. The van der Waals surface area contributed by atoms with Crippen LogP contribution in [0.1, 0.15) is 38.8 Å². The van der Waals surface area contributed by atoms with Crippen LogP contribution in [0.3, 0.4) is 0 Å². The van der Waals surface area contributed by atoms with Crippen LogP contribution in [0.25, 0.3) is 0 Å². The Morgan fingerprint density at radius 1 is 0.968 bits per heavy atom. The third kappa shape index (κ3) is 8.72. The van der Waals surface area contributed by atoms with E-state index in [0.717, 1.165) is 10.5 Å². The highest BCUT2D eigenvalue weighted by Gasteiger charge is 2.17. The molecule has 0 saturated carbocycles. The normalized spacial score (nSPS) is 12.4. The van der Waals surface area contributed by atoms with E-state index >= 15 is 0 Å². The Hall–Kier alpha value is -2.36. The minimum absolute atomic E-state index is 0.137. The molecule has 0 saturated heterocycles. The van der Waals surface area contributed by atoms with Gasteiger partial charge in [-0.25, -0.2) is 13.1 Å². The van der Waals surface area contributed by atoms with Gasteiger partial charge in [-0.3, -0.25) is 9.59 Å². The van der Waals surface area contributed by atoms with Gasteiger partial charge in [-0.05, 0) is 56.2 Å². The van der Waals surface area contributed by atoms with E-state index in [1.165, 1.54) is 18.7 Å². The van der Waals surface area contributed by atoms with Gasteiger partial charge in [0.05, 0.1) is 11.0 Å². The van der Waals surface area contributed by atoms with Crippen molar-refractivity contribution in [3.05, 3.63) is 59.7 Å². The lowest BCUT2D eigenvalue weighted by molar-refractivity contribution is -0.120. The number of rotatable bonds is 10. The average Bonchev–Trinajstić information content (AvgIpc) is 2.66. The van der Waals surface area contributed by atoms with Gasteiger partial charge in [0.15, 0.2) is 0 Å². The maximum absolute atomic E-state index is 12.6. The SMILES string of the molecule is CC(=O)Nc1ccc(SC(C)C(=O)NCc2ccccc2CS(=O)(=O)NC(C)C)cc1. The smallest absolute Gasteiger partial charge is 0.233 e. The molecule has 2 aromatic rings. The fourth-order valence-corrected chi connectivity index (χ4v) is 5.26. The van der Waals surface area contributed by atoms with Crippen LogP contribution in [0.4, 0.5) is 5.69 Å². The van der Waals surface area contributed by atoms with Crippen molar-refractivity contribution >= 4 is 39.3 Å². The molecule has 0 aromatic heterocycles. The maximum atomic E-state index is 12.6. The first-order chi connectivity index (χ1) is 14.6. The molecule has 31 heavy (non-hydrogen) atoms. The number of anilines is 1. The molecule has 0 aliphatic carbocycles. The average molecular weight is 464 g/mol. The second kappa shape index (κ2) is 11.3. The molecule has 2 amide bonds. The second-order valence-corrected chi connectivity index (χ2v) is 10.7. The number of benzene rings is 2. The van der Waals surface area contributed by atoms with E-state index in [-0.39, 0.29) is 35.4 Å². The number of sulfonamides is 1. The van der Waals surface area contributed by atoms with Gasteiger partial charge in [-0.15, -0.1) is 11.8 Å². The molecule has 0 heterocycles. The van der Waals surface area contributed by atoms with Crippen molar-refractivity contribution in [2.24, 2.45) is 0 Å². The number of thioether (sulfide) groups is 1. The van der Waals surface area contributed by atoms with Crippen molar-refractivity contribution < 1.29 is 18.0 Å². The highest BCUT2D eigenvalue weighted by atomic mass is 32.2. The van der Waals surface area contributed by atoms with E-state index < -0.39 is 10.0 Å². The number of hydrogen-bond acceptors (Lipinski definition) is 5. The van der Waals surface area contributed by atoms with Crippen molar-refractivity contribution in [1.82, 2.24) is 10.0 Å². The zero-order valence-electron chi connectivity index (χ0n) is 18.1. The molecule has 0 spiro atoms. The predicted octanol–water partition coefficient (Wildman–Crippen LogP) is 3.27. The van der Waals surface area contributed by atoms with Crippen LogP contribution < -0.4 is 15.4 Å². The second-order valence-electron chi connectivity index (χ2n) is 7.48. The molecule has 1 unspecified atom stereocenters. The summed E-state index contributed by atoms with van der Waals surface area (Å²) in [6.07, 6.45) is 0. The Morgan fingerprint density at radius 2 is 1.58 bits per heavy atom. The molecular weight excluding hydrogens is 434 g/mol. The first-order valence-corrected chi connectivity index (χ1v) is 12.5. The summed E-state index contributed by atoms with van der Waals surface area (Å²) in [7, 11) is -3.46. The molecule has 168 valence electrons. The van der Waals surface area contributed by atoms with Crippen molar-refractivity contribution in [2.45, 2.75) is 56.2 Å². The lowest BCUT2D eigenvalue weighted by atomic mass is 10.1. The van der Waals surface area contributed by atoms with Gasteiger partial charge in [0.1, 0.15) is 0 Å². The van der Waals surface area contributed by atoms with Gasteiger partial charge in [-0.1, -0.05) is 24.3 Å². The van der Waals surface area contributed by atoms with E-state index in [0.29, 0.717) is 11.3 Å². The van der Waals surface area contributed by atoms with Crippen molar-refractivity contribution in [3.63, 3.8) is 0 Å². The molecule has 9 heteroatoms. The molecule has 0 aliphatic rings. The van der Waals surface area contributed by atoms with Crippen LogP contribution in [0.15, 0.2) is 53.4 Å². The lowest BCUT2D eigenvalue weighted by Gasteiger charge is -2.15. The number of amides is 2. The third-order valence-corrected chi connectivity index (χ3v) is 6.82. The minimum Gasteiger partial charge on any atom is -0.351 e. The molecule has 0 fully saturated rings. The van der Waals surface area contributed by atoms with E-state index in [1.807, 2.05) is 31.2 Å². The van der Waals surface area contributed by atoms with Gasteiger partial charge in [-0.2, -0.15) is 0 Å². The summed E-state index contributed by atoms with van der Waals surface area (Å²) in [4.78, 5) is 24.6. The molecule has 0 radical (unpaired) electrons. The van der Waals surface area contributed by atoms with Gasteiger partial charge < -0.3 is 10.6 Å². The molecule has 0 aliphatic heterocycles. The summed E-state index contributed by atoms with van der Waals surface area (Å²) in [5.74, 6) is -0.419. The Kier molecular flexibility index (Phi) is 9.09. The van der Waals surface area contributed by atoms with Crippen LogP contribution in [0.2, 0.25) is 0 Å². The highest BCUT2D eigenvalue weighted by Crippen LogP contribution is 2.25. The van der Waals surface area contributed by atoms with Crippen LogP contribution in [0, 0.1) is 0 Å². The zero-order valence-corrected chi connectivity index (χ0v) is 19.8. The fraction of sp³-hybridized carbons (Fsp3) is 0.364. The van der Waals surface area contributed by atoms with Crippen LogP contribution in [0.5, 0.6) is 0 Å². The minimum atomic E-state index is -3.46. The van der Waals surface area contributed by atoms with E-state index in [2.05, 4.69) is 15.4 Å². The standard InChI is InChI=1S/C22H29N3O4S2/c1-15(2)25-31(28,29)14-19-8-6-5-7-18(19)13-23-22(27)16(3)30-21-11-9-20(10-12-21)24-17(4)26/h5-12,15-16,25H,13-14H2,1-4H3,(H,23,27)(H,24,26). The first kappa shape index (κ1) is 24.9. The Morgan fingerprint density at radius 3 is 2.16 bits per heavy atom. The number of carbonyl (C=O) groups excluding carboxylic acids is 2. The summed E-state index contributed by atoms with van der Waals surface area (Å²) < 4.78 is 27.1. The van der Waals surface area contributed by atoms with Crippen LogP contribution in [-0.4, -0.2) is 31.5 Å². The Labute approximate surface area is 188 Å². The van der Waals surface area contributed by atoms with Gasteiger partial charge in [0.25, 0.3) is 0 Å². The quantitative estimate of drug-likeness (QED) is 0.469. The summed E-state index contributed by atoms with van der Waals surface area (Å²) in [5.41, 5.74) is 2.12. The molecule has 2 aromatic carbocycles. The van der Waals surface area contributed by atoms with Gasteiger partial charge in [0.2, 0.25) is 21.8 Å². The summed E-state index contributed by atoms with van der Waals surface area (Å²) in [6, 6.07) is 14.3. The van der Waals surface area contributed by atoms with Crippen LogP contribution in [-0.2, 0) is 31.9 Å². The molecule has 7 nitrogen and oxygen atoms in total. The lowest BCUT2D eigenvalue weighted by Crippen LogP contribution is -2.32. The maximum Gasteiger partial charge on any atom is 0.233 e. The fourth-order valence-electron chi connectivity index (χ4n) is 2.88. The largest absolute Gasteiger partial charge is 0.351 e. The van der Waals surface area contributed by atoms with Crippen LogP contribution >= 0.6 is 11.8 Å². The predicted molar refractivity (Wildman–Crippen MR) is 125 cm³/mol. The number of nitrogens with one attached hydrogen (secondary N) is 3. The zero-order chi connectivity index (χ0) is 23.0. The number of carbonyl (C=O) groups is 2. The molecule has 0 bridgehead atoms. The summed E-state index contributed by atoms with van der Waals surface area (Å²) >= 11 is 1.40. The monoisotopic (exact) mass is 463 g/mol. The molecule has 2 rings (SSSR count). The third-order valence-electron chi connectivity index (χ3n) is 4.19. The number of hydrogen-bond donors (Lipinski definition) is 3. The summed E-state index contributed by atoms with van der Waals surface area (Å²) in [6.45, 7) is 7.05. The van der Waals surface area contributed by atoms with Crippen molar-refractivity contribution in [1.29, 1.82) is 0 Å². The van der Waals surface area contributed by atoms with E-state index in [1.54, 1.807) is 38.1 Å². The van der Waals surface area contributed by atoms with E-state index in [9.17, 15) is 18.0 Å².